The molecule has 0 heterocycles. The third-order valence-electron chi connectivity index (χ3n) is 8.27. The monoisotopic (exact) mass is 673 g/mol. The molecule has 10 nitrogen and oxygen atoms in total. The summed E-state index contributed by atoms with van der Waals surface area (Å²) in [5.41, 5.74) is 5.37. The van der Waals surface area contributed by atoms with Gasteiger partial charge in [0, 0.05) is 30.2 Å². The minimum Gasteiger partial charge on any atom is -0.449 e. The third-order valence-corrected chi connectivity index (χ3v) is 8.27. The molecule has 0 aromatic heterocycles. The molecule has 0 aliphatic heterocycles. The molecule has 4 amide bonds. The van der Waals surface area contributed by atoms with Gasteiger partial charge in [-0.2, -0.15) is 0 Å². The topological polar surface area (TPSA) is 121 Å². The summed E-state index contributed by atoms with van der Waals surface area (Å²) in [7, 11) is 0. The first-order valence-corrected chi connectivity index (χ1v) is 17.7. The van der Waals surface area contributed by atoms with Crippen LogP contribution in [-0.2, 0) is 15.9 Å². The van der Waals surface area contributed by atoms with Crippen molar-refractivity contribution in [3.63, 3.8) is 0 Å². The molecular formula is C39H55N5O5. The molecule has 10 heteroatoms. The van der Waals surface area contributed by atoms with Crippen molar-refractivity contribution in [2.45, 2.75) is 72.6 Å². The van der Waals surface area contributed by atoms with Crippen molar-refractivity contribution < 1.29 is 23.9 Å². The molecular weight excluding hydrogens is 618 g/mol. The smallest absolute Gasteiger partial charge is 0.411 e. The Kier molecular flexibility index (Phi) is 17.6. The Morgan fingerprint density at radius 3 is 1.71 bits per heavy atom. The van der Waals surface area contributed by atoms with Gasteiger partial charge < -0.3 is 25.0 Å². The zero-order valence-electron chi connectivity index (χ0n) is 29.7. The molecule has 1 unspecified atom stereocenters. The molecule has 0 aliphatic rings. The number of anilines is 3. The van der Waals surface area contributed by atoms with Crippen LogP contribution in [0.25, 0.3) is 0 Å². The van der Waals surface area contributed by atoms with E-state index in [0.29, 0.717) is 30.8 Å². The number of rotatable bonds is 20. The Morgan fingerprint density at radius 2 is 1.18 bits per heavy atom. The maximum absolute atomic E-state index is 12.4. The maximum Gasteiger partial charge on any atom is 0.411 e. The van der Waals surface area contributed by atoms with E-state index in [-0.39, 0.29) is 25.2 Å². The number of nitrogens with one attached hydrogen (secondary N) is 4. The fourth-order valence-corrected chi connectivity index (χ4v) is 5.11. The van der Waals surface area contributed by atoms with Crippen LogP contribution in [0, 0.1) is 12.8 Å². The highest BCUT2D eigenvalue weighted by atomic mass is 16.6. The van der Waals surface area contributed by atoms with E-state index >= 15 is 0 Å². The van der Waals surface area contributed by atoms with E-state index in [9.17, 15) is 14.4 Å². The summed E-state index contributed by atoms with van der Waals surface area (Å²) in [5, 5.41) is 11.4. The quantitative estimate of drug-likeness (QED) is 0.0951. The van der Waals surface area contributed by atoms with Gasteiger partial charge in [0.05, 0.1) is 13.2 Å². The summed E-state index contributed by atoms with van der Waals surface area (Å²) in [5.74, 6) is 0.0737. The Morgan fingerprint density at radius 1 is 0.673 bits per heavy atom. The number of urea groups is 1. The van der Waals surface area contributed by atoms with Gasteiger partial charge in [-0.3, -0.25) is 10.6 Å². The second-order valence-electron chi connectivity index (χ2n) is 12.4. The first kappa shape index (κ1) is 38.9. The second kappa shape index (κ2) is 22.1. The molecule has 0 aliphatic carbocycles. The van der Waals surface area contributed by atoms with Gasteiger partial charge in [0.1, 0.15) is 0 Å². The molecule has 0 fully saturated rings. The van der Waals surface area contributed by atoms with Crippen LogP contribution >= 0.6 is 0 Å². The van der Waals surface area contributed by atoms with Gasteiger partial charge in [-0.05, 0) is 106 Å². The van der Waals surface area contributed by atoms with Gasteiger partial charge in [0.25, 0.3) is 0 Å². The highest BCUT2D eigenvalue weighted by Gasteiger charge is 2.13. The summed E-state index contributed by atoms with van der Waals surface area (Å²) in [6.45, 7) is 12.5. The summed E-state index contributed by atoms with van der Waals surface area (Å²) < 4.78 is 10.7. The number of hydrogen-bond donors (Lipinski definition) is 4. The van der Waals surface area contributed by atoms with Crippen molar-refractivity contribution in [1.29, 1.82) is 0 Å². The van der Waals surface area contributed by atoms with Crippen LogP contribution < -0.4 is 21.3 Å². The van der Waals surface area contributed by atoms with Gasteiger partial charge in [0.15, 0.2) is 0 Å². The highest BCUT2D eigenvalue weighted by molar-refractivity contribution is 5.89. The number of aryl methyl sites for hydroxylation is 1. The molecule has 266 valence electrons. The Labute approximate surface area is 292 Å². The van der Waals surface area contributed by atoms with Crippen LogP contribution in [0.1, 0.15) is 76.0 Å². The Bertz CT molecular complexity index is 1390. The number of carbonyl (C=O) groups is 3. The third kappa shape index (κ3) is 15.9. The zero-order valence-corrected chi connectivity index (χ0v) is 29.7. The van der Waals surface area contributed by atoms with Crippen molar-refractivity contribution in [1.82, 2.24) is 10.2 Å². The van der Waals surface area contributed by atoms with Crippen molar-refractivity contribution in [2.75, 3.05) is 55.3 Å². The lowest BCUT2D eigenvalue weighted by atomic mass is 10.0. The minimum absolute atomic E-state index is 0.0737. The van der Waals surface area contributed by atoms with Gasteiger partial charge in [-0.25, -0.2) is 14.4 Å². The fourth-order valence-electron chi connectivity index (χ4n) is 5.11. The van der Waals surface area contributed by atoms with Crippen molar-refractivity contribution in [3.8, 4) is 0 Å². The van der Waals surface area contributed by atoms with Gasteiger partial charge in [-0.15, -0.1) is 0 Å². The van der Waals surface area contributed by atoms with Crippen LogP contribution in [0.5, 0.6) is 0 Å². The average molecular weight is 674 g/mol. The molecule has 4 N–H and O–H groups in total. The van der Waals surface area contributed by atoms with Gasteiger partial charge in [0.2, 0.25) is 0 Å². The molecule has 0 bridgehead atoms. The van der Waals surface area contributed by atoms with Crippen molar-refractivity contribution in [3.05, 3.63) is 89.5 Å². The standard InChI is InChI=1S/C39H55N5O5/c1-5-8-24-44(25-9-6-2)26-23-40-37(45)41-34-18-12-32(13-19-34)28-33-14-20-36(21-15-33)42-38(46)48-27-22-31(7-3)29-49-39(47)43-35-16-10-30(4)11-17-35/h10-21,31H,5-9,22-29H2,1-4H3,(H,42,46)(H,43,47)(H2,40,41,45). The maximum atomic E-state index is 12.4. The summed E-state index contributed by atoms with van der Waals surface area (Å²) in [6, 6.07) is 22.7. The van der Waals surface area contributed by atoms with Crippen LogP contribution in [0.2, 0.25) is 0 Å². The molecule has 3 aromatic rings. The van der Waals surface area contributed by atoms with E-state index in [0.717, 1.165) is 48.4 Å². The van der Waals surface area contributed by atoms with Gasteiger partial charge in [-0.1, -0.05) is 75.6 Å². The number of benzene rings is 3. The first-order valence-electron chi connectivity index (χ1n) is 17.7. The molecule has 0 spiro atoms. The van der Waals surface area contributed by atoms with Crippen LogP contribution in [0.3, 0.4) is 0 Å². The molecule has 3 aromatic carbocycles. The predicted octanol–water partition coefficient (Wildman–Crippen LogP) is 8.82. The fraction of sp³-hybridized carbons (Fsp3) is 0.462. The molecule has 1 atom stereocenters. The zero-order chi connectivity index (χ0) is 35.3. The summed E-state index contributed by atoms with van der Waals surface area (Å²) in [6.07, 6.45) is 5.74. The number of hydrogen-bond acceptors (Lipinski definition) is 6. The van der Waals surface area contributed by atoms with Crippen molar-refractivity contribution >= 4 is 35.3 Å². The van der Waals surface area contributed by atoms with Crippen molar-refractivity contribution in [2.24, 2.45) is 5.92 Å². The van der Waals surface area contributed by atoms with Crippen LogP contribution in [0.15, 0.2) is 72.8 Å². The van der Waals surface area contributed by atoms with E-state index in [1.54, 1.807) is 0 Å². The van der Waals surface area contributed by atoms with E-state index in [1.165, 1.54) is 25.7 Å². The number of nitrogens with zero attached hydrogens (tertiary/aromatic N) is 1. The average Bonchev–Trinajstić information content (AvgIpc) is 3.10. The number of amides is 4. The number of ether oxygens (including phenoxy) is 2. The summed E-state index contributed by atoms with van der Waals surface area (Å²) in [4.78, 5) is 39.3. The number of carbonyl (C=O) groups excluding carboxylic acids is 3. The molecule has 0 saturated carbocycles. The van der Waals surface area contributed by atoms with E-state index < -0.39 is 12.2 Å². The lowest BCUT2D eigenvalue weighted by molar-refractivity contribution is 0.118. The largest absolute Gasteiger partial charge is 0.449 e. The molecule has 0 radical (unpaired) electrons. The lowest BCUT2D eigenvalue weighted by Crippen LogP contribution is -2.37. The molecule has 49 heavy (non-hydrogen) atoms. The minimum atomic E-state index is -0.530. The van der Waals surface area contributed by atoms with Gasteiger partial charge >= 0.3 is 18.2 Å². The SMILES string of the molecule is CCCCN(CCCC)CCNC(=O)Nc1ccc(Cc2ccc(NC(=O)OCCC(CC)COC(=O)Nc3ccc(C)cc3)cc2)cc1. The summed E-state index contributed by atoms with van der Waals surface area (Å²) >= 11 is 0. The lowest BCUT2D eigenvalue weighted by Gasteiger charge is -2.22. The van der Waals surface area contributed by atoms with E-state index in [4.69, 9.17) is 9.47 Å². The number of unbranched alkanes of at least 4 members (excludes halogenated alkanes) is 2. The first-order chi connectivity index (χ1) is 23.8. The normalized spacial score (nSPS) is 11.4. The predicted molar refractivity (Wildman–Crippen MR) is 198 cm³/mol. The van der Waals surface area contributed by atoms with Crippen LogP contribution in [-0.4, -0.2) is 62.5 Å². The second-order valence-corrected chi connectivity index (χ2v) is 12.4. The molecule has 3 rings (SSSR count). The Hall–Kier alpha value is -4.57. The van der Waals surface area contributed by atoms with Crippen LogP contribution in [0.4, 0.5) is 31.4 Å². The molecule has 0 saturated heterocycles. The Balaban J connectivity index is 1.33. The highest BCUT2D eigenvalue weighted by Crippen LogP contribution is 2.17. The van der Waals surface area contributed by atoms with E-state index in [2.05, 4.69) is 40.0 Å². The van der Waals surface area contributed by atoms with E-state index in [1.807, 2.05) is 86.6 Å².